The van der Waals surface area contributed by atoms with Crippen LogP contribution in [0.4, 0.5) is 0 Å². The minimum Gasteiger partial charge on any atom is -0.0841 e. The first-order valence-corrected chi connectivity index (χ1v) is 5.05. The molecule has 0 aromatic heterocycles. The highest BCUT2D eigenvalue weighted by Crippen LogP contribution is 2.27. The molecule has 0 N–H and O–H groups in total. The van der Waals surface area contributed by atoms with Gasteiger partial charge >= 0.3 is 0 Å². The second kappa shape index (κ2) is 3.83. The van der Waals surface area contributed by atoms with Gasteiger partial charge in [0, 0.05) is 6.42 Å². The van der Waals surface area contributed by atoms with E-state index in [0.29, 0.717) is 0 Å². The first-order valence-electron chi connectivity index (χ1n) is 5.05. The normalized spacial score (nSPS) is 15.4. The van der Waals surface area contributed by atoms with Crippen LogP contribution in [0.3, 0.4) is 0 Å². The van der Waals surface area contributed by atoms with Crippen LogP contribution in [0.2, 0.25) is 0 Å². The van der Waals surface area contributed by atoms with Crippen molar-refractivity contribution in [2.45, 2.75) is 20.3 Å². The highest BCUT2D eigenvalue weighted by molar-refractivity contribution is 5.78. The van der Waals surface area contributed by atoms with Crippen LogP contribution in [0.15, 0.2) is 36.4 Å². The molecule has 0 bridgehead atoms. The third-order valence-corrected chi connectivity index (χ3v) is 2.66. The summed E-state index contributed by atoms with van der Waals surface area (Å²) in [5, 5.41) is 0. The van der Waals surface area contributed by atoms with Crippen LogP contribution in [0.25, 0.3) is 5.57 Å². The number of aryl methyl sites for hydroxylation is 2. The molecule has 1 aliphatic rings. The summed E-state index contributed by atoms with van der Waals surface area (Å²) in [7, 11) is 0. The fourth-order valence-corrected chi connectivity index (χ4v) is 1.97. The van der Waals surface area contributed by atoms with Crippen molar-refractivity contribution in [3.05, 3.63) is 59.5 Å². The van der Waals surface area contributed by atoms with Crippen LogP contribution >= 0.6 is 0 Å². The quantitative estimate of drug-likeness (QED) is 0.620. The van der Waals surface area contributed by atoms with Gasteiger partial charge in [-0.1, -0.05) is 36.4 Å². The van der Waals surface area contributed by atoms with Gasteiger partial charge in [0.2, 0.25) is 0 Å². The molecule has 1 aliphatic carbocycles. The fraction of sp³-hybridized carbons (Fsp3) is 0.214. The number of benzene rings is 1. The molecule has 0 spiro atoms. The van der Waals surface area contributed by atoms with Crippen molar-refractivity contribution in [3.8, 4) is 0 Å². The van der Waals surface area contributed by atoms with Crippen molar-refractivity contribution >= 4 is 5.57 Å². The van der Waals surface area contributed by atoms with Gasteiger partial charge in [-0.05, 0) is 42.5 Å². The fourth-order valence-electron chi connectivity index (χ4n) is 1.97. The van der Waals surface area contributed by atoms with E-state index in [-0.39, 0.29) is 0 Å². The van der Waals surface area contributed by atoms with Crippen molar-refractivity contribution < 1.29 is 0 Å². The summed E-state index contributed by atoms with van der Waals surface area (Å²) in [6.07, 6.45) is 9.85. The Kier molecular flexibility index (Phi) is 2.53. The molecule has 0 amide bonds. The summed E-state index contributed by atoms with van der Waals surface area (Å²) in [6, 6.07) is 6.47. The molecule has 0 nitrogen and oxygen atoms in total. The maximum atomic E-state index is 2.29. The minimum absolute atomic E-state index is 1.06. The van der Waals surface area contributed by atoms with E-state index in [0.717, 1.165) is 6.42 Å². The smallest absolute Gasteiger partial charge is 0.0125 e. The lowest BCUT2D eigenvalue weighted by molar-refractivity contribution is 1.29. The first kappa shape index (κ1) is 9.26. The molecule has 1 aromatic carbocycles. The topological polar surface area (TPSA) is 0 Å². The lowest BCUT2D eigenvalue weighted by Crippen LogP contribution is -1.94. The van der Waals surface area contributed by atoms with Crippen LogP contribution in [-0.4, -0.2) is 0 Å². The molecule has 0 heteroatoms. The van der Waals surface area contributed by atoms with Crippen LogP contribution in [0.5, 0.6) is 0 Å². The molecular formula is C14H15. The third-order valence-electron chi connectivity index (χ3n) is 2.66. The van der Waals surface area contributed by atoms with Gasteiger partial charge in [-0.15, -0.1) is 0 Å². The highest BCUT2D eigenvalue weighted by atomic mass is 14.1. The van der Waals surface area contributed by atoms with E-state index < -0.39 is 0 Å². The largest absolute Gasteiger partial charge is 0.0841 e. The number of rotatable bonds is 1. The zero-order valence-corrected chi connectivity index (χ0v) is 8.75. The Morgan fingerprint density at radius 2 is 1.79 bits per heavy atom. The van der Waals surface area contributed by atoms with Gasteiger partial charge in [0.15, 0.2) is 0 Å². The summed E-state index contributed by atoms with van der Waals surface area (Å²) in [6.45, 7) is 4.35. The third kappa shape index (κ3) is 1.65. The van der Waals surface area contributed by atoms with Gasteiger partial charge < -0.3 is 0 Å². The Morgan fingerprint density at radius 3 is 2.36 bits per heavy atom. The second-order valence-electron chi connectivity index (χ2n) is 3.76. The number of hydrogen-bond acceptors (Lipinski definition) is 0. The Morgan fingerprint density at radius 1 is 1.07 bits per heavy atom. The van der Waals surface area contributed by atoms with Gasteiger partial charge in [-0.2, -0.15) is 0 Å². The van der Waals surface area contributed by atoms with Gasteiger partial charge in [0.25, 0.3) is 0 Å². The highest BCUT2D eigenvalue weighted by Gasteiger charge is 2.08. The van der Waals surface area contributed by atoms with Crippen molar-refractivity contribution in [2.75, 3.05) is 0 Å². The van der Waals surface area contributed by atoms with Gasteiger partial charge in [0.05, 0.1) is 0 Å². The minimum atomic E-state index is 1.06. The SMILES string of the molecule is Cc1cccc(C)c1C1=CCC=C[CH]1. The molecule has 0 atom stereocenters. The van der Waals surface area contributed by atoms with Crippen molar-refractivity contribution in [1.82, 2.24) is 0 Å². The van der Waals surface area contributed by atoms with Crippen LogP contribution in [-0.2, 0) is 0 Å². The lowest BCUT2D eigenvalue weighted by atomic mass is 9.91. The molecule has 1 aromatic rings. The predicted molar refractivity (Wildman–Crippen MR) is 62.0 cm³/mol. The summed E-state index contributed by atoms with van der Waals surface area (Å²) < 4.78 is 0. The van der Waals surface area contributed by atoms with Crippen molar-refractivity contribution in [2.24, 2.45) is 0 Å². The van der Waals surface area contributed by atoms with E-state index >= 15 is 0 Å². The second-order valence-corrected chi connectivity index (χ2v) is 3.76. The zero-order chi connectivity index (χ0) is 9.97. The van der Waals surface area contributed by atoms with E-state index in [9.17, 15) is 0 Å². The predicted octanol–water partition coefficient (Wildman–Crippen LogP) is 3.85. The summed E-state index contributed by atoms with van der Waals surface area (Å²) in [5.74, 6) is 0. The van der Waals surface area contributed by atoms with Crippen LogP contribution in [0.1, 0.15) is 23.1 Å². The molecule has 0 saturated carbocycles. The molecule has 0 aliphatic heterocycles. The van der Waals surface area contributed by atoms with Crippen LogP contribution < -0.4 is 0 Å². The molecule has 0 heterocycles. The lowest BCUT2D eigenvalue weighted by Gasteiger charge is -2.14. The molecule has 0 fully saturated rings. The molecule has 71 valence electrons. The Hall–Kier alpha value is -1.30. The monoisotopic (exact) mass is 183 g/mol. The summed E-state index contributed by atoms with van der Waals surface area (Å²) >= 11 is 0. The van der Waals surface area contributed by atoms with E-state index in [1.54, 1.807) is 0 Å². The average molecular weight is 183 g/mol. The molecular weight excluding hydrogens is 168 g/mol. The number of hydrogen-bond donors (Lipinski definition) is 0. The van der Waals surface area contributed by atoms with E-state index in [1.807, 2.05) is 0 Å². The molecule has 2 rings (SSSR count). The maximum absolute atomic E-state index is 2.29. The Labute approximate surface area is 86.0 Å². The van der Waals surface area contributed by atoms with E-state index in [2.05, 4.69) is 56.7 Å². The first-order chi connectivity index (χ1) is 6.79. The summed E-state index contributed by atoms with van der Waals surface area (Å²) in [4.78, 5) is 0. The maximum Gasteiger partial charge on any atom is 0.0125 e. The van der Waals surface area contributed by atoms with Gasteiger partial charge in [0.1, 0.15) is 0 Å². The summed E-state index contributed by atoms with van der Waals surface area (Å²) in [5.41, 5.74) is 5.49. The zero-order valence-electron chi connectivity index (χ0n) is 8.75. The van der Waals surface area contributed by atoms with E-state index in [1.165, 1.54) is 22.3 Å². The van der Waals surface area contributed by atoms with Crippen LogP contribution in [0, 0.1) is 20.3 Å². The van der Waals surface area contributed by atoms with E-state index in [4.69, 9.17) is 0 Å². The molecule has 0 unspecified atom stereocenters. The van der Waals surface area contributed by atoms with Gasteiger partial charge in [-0.25, -0.2) is 0 Å². The van der Waals surface area contributed by atoms with Crippen molar-refractivity contribution in [3.63, 3.8) is 0 Å². The van der Waals surface area contributed by atoms with Gasteiger partial charge in [-0.3, -0.25) is 0 Å². The Balaban J connectivity index is 2.45. The molecule has 14 heavy (non-hydrogen) atoms. The standard InChI is InChI=1S/C14H15/c1-11-7-6-8-12(2)14(11)13-9-4-3-5-10-13/h3-4,6-10H,5H2,1-2H3. The molecule has 1 radical (unpaired) electrons. The molecule has 0 saturated heterocycles. The van der Waals surface area contributed by atoms with Crippen molar-refractivity contribution in [1.29, 1.82) is 0 Å². The number of allylic oxidation sites excluding steroid dienone is 4. The Bertz CT molecular complexity index is 374. The average Bonchev–Trinajstić information content (AvgIpc) is 2.19.